The van der Waals surface area contributed by atoms with E-state index in [0.717, 1.165) is 22.7 Å². The number of hydrogen-bond donors (Lipinski definition) is 2. The molecule has 0 fully saturated rings. The summed E-state index contributed by atoms with van der Waals surface area (Å²) in [5.74, 6) is 0.157. The van der Waals surface area contributed by atoms with Crippen molar-refractivity contribution in [1.82, 2.24) is 14.7 Å². The zero-order valence-electron chi connectivity index (χ0n) is 14.2. The highest BCUT2D eigenvalue weighted by Gasteiger charge is 2.18. The van der Waals surface area contributed by atoms with Gasteiger partial charge < -0.3 is 10.6 Å². The summed E-state index contributed by atoms with van der Waals surface area (Å²) >= 11 is 1.13. The number of rotatable bonds is 6. The van der Waals surface area contributed by atoms with Gasteiger partial charge >= 0.3 is 0 Å². The standard InChI is InChI=1S/C19H18N4O2S/c1-13(24)20-16(14-8-4-2-5-9-14)12-17(25)21-19-22-18(23-26-19)15-10-6-3-7-11-15/h2-11,16H,12H2,1H3,(H,20,24)(H,21,22,23,25). The minimum atomic E-state index is -0.393. The average Bonchev–Trinajstić information content (AvgIpc) is 3.10. The first-order chi connectivity index (χ1) is 12.6. The minimum absolute atomic E-state index is 0.115. The molecule has 3 rings (SSSR count). The van der Waals surface area contributed by atoms with E-state index in [4.69, 9.17) is 0 Å². The topological polar surface area (TPSA) is 84.0 Å². The van der Waals surface area contributed by atoms with Crippen LogP contribution < -0.4 is 10.6 Å². The largest absolute Gasteiger partial charge is 0.349 e. The van der Waals surface area contributed by atoms with Crippen molar-refractivity contribution in [1.29, 1.82) is 0 Å². The van der Waals surface area contributed by atoms with E-state index in [0.29, 0.717) is 11.0 Å². The number of carbonyl (C=O) groups excluding carboxylic acids is 2. The van der Waals surface area contributed by atoms with Crippen molar-refractivity contribution < 1.29 is 9.59 Å². The van der Waals surface area contributed by atoms with Gasteiger partial charge in [-0.25, -0.2) is 0 Å². The third-order valence-electron chi connectivity index (χ3n) is 3.67. The van der Waals surface area contributed by atoms with Crippen LogP contribution in [0.15, 0.2) is 60.7 Å². The molecule has 0 radical (unpaired) electrons. The van der Waals surface area contributed by atoms with Crippen molar-refractivity contribution >= 4 is 28.5 Å². The Hall–Kier alpha value is -3.06. The third kappa shape index (κ3) is 4.73. The molecule has 26 heavy (non-hydrogen) atoms. The number of nitrogens with one attached hydrogen (secondary N) is 2. The fourth-order valence-corrected chi connectivity index (χ4v) is 3.12. The number of nitrogens with zero attached hydrogens (tertiary/aromatic N) is 2. The van der Waals surface area contributed by atoms with Gasteiger partial charge in [-0.15, -0.1) is 0 Å². The van der Waals surface area contributed by atoms with Crippen LogP contribution in [0.4, 0.5) is 5.13 Å². The maximum Gasteiger partial charge on any atom is 0.228 e. The van der Waals surface area contributed by atoms with Gasteiger partial charge in [0.15, 0.2) is 5.82 Å². The van der Waals surface area contributed by atoms with Crippen LogP contribution in [0.25, 0.3) is 11.4 Å². The lowest BCUT2D eigenvalue weighted by molar-refractivity contribution is -0.120. The first-order valence-corrected chi connectivity index (χ1v) is 8.90. The lowest BCUT2D eigenvalue weighted by Crippen LogP contribution is -2.29. The van der Waals surface area contributed by atoms with Crippen LogP contribution in [0.5, 0.6) is 0 Å². The summed E-state index contributed by atoms with van der Waals surface area (Å²) in [5, 5.41) is 6.01. The van der Waals surface area contributed by atoms with E-state index in [9.17, 15) is 9.59 Å². The van der Waals surface area contributed by atoms with E-state index in [2.05, 4.69) is 20.0 Å². The van der Waals surface area contributed by atoms with Crippen LogP contribution in [0.2, 0.25) is 0 Å². The molecule has 0 spiro atoms. The number of benzene rings is 2. The highest BCUT2D eigenvalue weighted by Crippen LogP contribution is 2.22. The second-order valence-electron chi connectivity index (χ2n) is 5.71. The Bertz CT molecular complexity index is 881. The molecule has 1 heterocycles. The molecule has 2 amide bonds. The molecule has 2 aromatic carbocycles. The summed E-state index contributed by atoms with van der Waals surface area (Å²) in [6.07, 6.45) is 0.115. The molecule has 3 aromatic rings. The molecular weight excluding hydrogens is 348 g/mol. The van der Waals surface area contributed by atoms with Gasteiger partial charge in [-0.05, 0) is 5.56 Å². The van der Waals surface area contributed by atoms with Crippen molar-refractivity contribution in [3.63, 3.8) is 0 Å². The summed E-state index contributed by atoms with van der Waals surface area (Å²) in [5.41, 5.74) is 1.77. The van der Waals surface area contributed by atoms with Gasteiger partial charge in [0, 0.05) is 24.0 Å². The quantitative estimate of drug-likeness (QED) is 0.700. The third-order valence-corrected chi connectivity index (χ3v) is 4.30. The van der Waals surface area contributed by atoms with E-state index in [1.54, 1.807) is 0 Å². The zero-order valence-corrected chi connectivity index (χ0v) is 15.0. The normalized spacial score (nSPS) is 11.6. The van der Waals surface area contributed by atoms with Gasteiger partial charge in [0.1, 0.15) is 0 Å². The van der Waals surface area contributed by atoms with Crippen LogP contribution in [0.1, 0.15) is 24.9 Å². The van der Waals surface area contributed by atoms with Gasteiger partial charge in [0.05, 0.1) is 12.5 Å². The minimum Gasteiger partial charge on any atom is -0.349 e. The predicted molar refractivity (Wildman–Crippen MR) is 102 cm³/mol. The molecule has 132 valence electrons. The first-order valence-electron chi connectivity index (χ1n) is 8.13. The molecule has 0 saturated heterocycles. The van der Waals surface area contributed by atoms with Crippen molar-refractivity contribution in [3.8, 4) is 11.4 Å². The molecular formula is C19H18N4O2S. The highest BCUT2D eigenvalue weighted by atomic mass is 32.1. The number of aromatic nitrogens is 2. The number of amides is 2. The molecule has 1 unspecified atom stereocenters. The van der Waals surface area contributed by atoms with Crippen LogP contribution >= 0.6 is 11.5 Å². The fraction of sp³-hybridized carbons (Fsp3) is 0.158. The Balaban J connectivity index is 1.67. The molecule has 0 bridgehead atoms. The van der Waals surface area contributed by atoms with E-state index in [1.807, 2.05) is 60.7 Å². The second-order valence-corrected chi connectivity index (χ2v) is 6.46. The van der Waals surface area contributed by atoms with Crippen LogP contribution in [0.3, 0.4) is 0 Å². The number of anilines is 1. The molecule has 0 saturated carbocycles. The average molecular weight is 366 g/mol. The maximum atomic E-state index is 12.4. The molecule has 1 aromatic heterocycles. The maximum absolute atomic E-state index is 12.4. The number of hydrogen-bond acceptors (Lipinski definition) is 5. The van der Waals surface area contributed by atoms with Crippen LogP contribution in [-0.2, 0) is 9.59 Å². The van der Waals surface area contributed by atoms with Crippen molar-refractivity contribution in [2.24, 2.45) is 0 Å². The zero-order chi connectivity index (χ0) is 18.4. The summed E-state index contributed by atoms with van der Waals surface area (Å²) < 4.78 is 4.27. The molecule has 0 aliphatic rings. The van der Waals surface area contributed by atoms with E-state index in [-0.39, 0.29) is 18.2 Å². The SMILES string of the molecule is CC(=O)NC(CC(=O)Nc1nc(-c2ccccc2)ns1)c1ccccc1. The van der Waals surface area contributed by atoms with Gasteiger partial charge in [-0.2, -0.15) is 9.36 Å². The fourth-order valence-electron chi connectivity index (χ4n) is 2.52. The Kier molecular flexibility index (Phi) is 5.70. The summed E-state index contributed by atoms with van der Waals surface area (Å²) in [4.78, 5) is 28.2. The molecule has 2 N–H and O–H groups in total. The Labute approximate surface area is 155 Å². The van der Waals surface area contributed by atoms with Gasteiger partial charge in [0.2, 0.25) is 16.9 Å². The molecule has 6 nitrogen and oxygen atoms in total. The Morgan fingerprint density at radius 3 is 2.35 bits per heavy atom. The second kappa shape index (κ2) is 8.35. The Morgan fingerprint density at radius 2 is 1.69 bits per heavy atom. The molecule has 1 atom stereocenters. The van der Waals surface area contributed by atoms with Gasteiger partial charge in [-0.3, -0.25) is 9.59 Å². The smallest absolute Gasteiger partial charge is 0.228 e. The highest BCUT2D eigenvalue weighted by molar-refractivity contribution is 7.10. The van der Waals surface area contributed by atoms with Gasteiger partial charge in [-0.1, -0.05) is 60.7 Å². The van der Waals surface area contributed by atoms with E-state index < -0.39 is 6.04 Å². The monoisotopic (exact) mass is 366 g/mol. The lowest BCUT2D eigenvalue weighted by atomic mass is 10.0. The first kappa shape index (κ1) is 17.8. The van der Waals surface area contributed by atoms with Gasteiger partial charge in [0.25, 0.3) is 0 Å². The van der Waals surface area contributed by atoms with Crippen LogP contribution in [0, 0.1) is 0 Å². The summed E-state index contributed by atoms with van der Waals surface area (Å²) in [6.45, 7) is 1.44. The lowest BCUT2D eigenvalue weighted by Gasteiger charge is -2.17. The Morgan fingerprint density at radius 1 is 1.04 bits per heavy atom. The summed E-state index contributed by atoms with van der Waals surface area (Å²) in [6, 6.07) is 18.6. The van der Waals surface area contributed by atoms with E-state index in [1.165, 1.54) is 6.92 Å². The molecule has 0 aliphatic carbocycles. The van der Waals surface area contributed by atoms with Crippen molar-refractivity contribution in [2.75, 3.05) is 5.32 Å². The van der Waals surface area contributed by atoms with Crippen molar-refractivity contribution in [3.05, 3.63) is 66.2 Å². The molecule has 7 heteroatoms. The van der Waals surface area contributed by atoms with Crippen molar-refractivity contribution in [2.45, 2.75) is 19.4 Å². The summed E-state index contributed by atoms with van der Waals surface area (Å²) in [7, 11) is 0. The van der Waals surface area contributed by atoms with E-state index >= 15 is 0 Å². The number of carbonyl (C=O) groups is 2. The van der Waals surface area contributed by atoms with Crippen LogP contribution in [-0.4, -0.2) is 21.2 Å². The predicted octanol–water partition coefficient (Wildman–Crippen LogP) is 3.41. The molecule has 0 aliphatic heterocycles.